The van der Waals surface area contributed by atoms with Crippen LogP contribution in [0.5, 0.6) is 11.5 Å². The summed E-state index contributed by atoms with van der Waals surface area (Å²) >= 11 is 15.7. The van der Waals surface area contributed by atoms with E-state index < -0.39 is 10.0 Å². The molecule has 0 aliphatic carbocycles. The van der Waals surface area contributed by atoms with Gasteiger partial charge in [-0.2, -0.15) is 0 Å². The average molecular weight is 588 g/mol. The fourth-order valence-corrected chi connectivity index (χ4v) is 4.66. The smallest absolute Gasteiger partial charge is 0.238 e. The number of primary sulfonamides is 1. The first-order valence-corrected chi connectivity index (χ1v) is 13.6. The predicted molar refractivity (Wildman–Crippen MR) is 139 cm³/mol. The van der Waals surface area contributed by atoms with Crippen molar-refractivity contribution in [2.24, 2.45) is 5.14 Å². The number of nitrogens with one attached hydrogen (secondary N) is 1. The average Bonchev–Trinajstić information content (AvgIpc) is 2.78. The highest BCUT2D eigenvalue weighted by molar-refractivity contribution is 9.10. The molecule has 0 spiro atoms. The Balaban J connectivity index is 1.60. The fourth-order valence-electron chi connectivity index (χ4n) is 3.22. The molecule has 0 heterocycles. The molecule has 0 aromatic heterocycles. The summed E-state index contributed by atoms with van der Waals surface area (Å²) in [5.41, 5.74) is 2.94. The van der Waals surface area contributed by atoms with E-state index >= 15 is 0 Å². The standard InChI is InChI=1S/C24H25BrCl2N2O4S/c1-2-32-23-13-18(14-29-10-9-16-3-6-19(7-4-16)34(28,30)31)11-20(25)24(23)33-15-17-5-8-21(26)22(27)12-17/h3-8,11-13,29H,2,9-10,14-15H2,1H3,(H2,28,30,31). The summed E-state index contributed by atoms with van der Waals surface area (Å²) in [6.07, 6.45) is 0.745. The van der Waals surface area contributed by atoms with E-state index in [1.807, 2.05) is 25.1 Å². The van der Waals surface area contributed by atoms with E-state index in [1.165, 1.54) is 12.1 Å². The molecule has 10 heteroatoms. The maximum atomic E-state index is 11.4. The van der Waals surface area contributed by atoms with Gasteiger partial charge in [0.25, 0.3) is 0 Å². The Labute approximate surface area is 218 Å². The summed E-state index contributed by atoms with van der Waals surface area (Å²) in [6, 6.07) is 15.9. The molecule has 0 aliphatic heterocycles. The number of hydrogen-bond acceptors (Lipinski definition) is 5. The van der Waals surface area contributed by atoms with E-state index in [0.29, 0.717) is 47.8 Å². The van der Waals surface area contributed by atoms with Crippen LogP contribution in [-0.2, 0) is 29.6 Å². The number of ether oxygens (including phenoxy) is 2. The minimum absolute atomic E-state index is 0.110. The third-order valence-electron chi connectivity index (χ3n) is 4.91. The van der Waals surface area contributed by atoms with Gasteiger partial charge in [-0.15, -0.1) is 0 Å². The van der Waals surface area contributed by atoms with Gasteiger partial charge in [0.15, 0.2) is 11.5 Å². The lowest BCUT2D eigenvalue weighted by Gasteiger charge is -2.16. The largest absolute Gasteiger partial charge is 0.490 e. The molecule has 182 valence electrons. The Bertz CT molecular complexity index is 1240. The lowest BCUT2D eigenvalue weighted by molar-refractivity contribution is 0.267. The highest BCUT2D eigenvalue weighted by atomic mass is 79.9. The van der Waals surface area contributed by atoms with Crippen LogP contribution in [0.15, 0.2) is 64.0 Å². The first-order valence-electron chi connectivity index (χ1n) is 10.5. The van der Waals surface area contributed by atoms with Crippen molar-refractivity contribution in [2.45, 2.75) is 31.4 Å². The molecule has 0 radical (unpaired) electrons. The van der Waals surface area contributed by atoms with Gasteiger partial charge in [0.2, 0.25) is 10.0 Å². The third-order valence-corrected chi connectivity index (χ3v) is 7.17. The lowest BCUT2D eigenvalue weighted by atomic mass is 10.1. The summed E-state index contributed by atoms with van der Waals surface area (Å²) in [4.78, 5) is 0.110. The van der Waals surface area contributed by atoms with Crippen LogP contribution in [0.1, 0.15) is 23.6 Å². The summed E-state index contributed by atoms with van der Waals surface area (Å²) in [7, 11) is -3.67. The summed E-state index contributed by atoms with van der Waals surface area (Å²) in [5.74, 6) is 1.26. The van der Waals surface area contributed by atoms with Crippen molar-refractivity contribution in [3.05, 3.63) is 85.8 Å². The highest BCUT2D eigenvalue weighted by Crippen LogP contribution is 2.37. The highest BCUT2D eigenvalue weighted by Gasteiger charge is 2.13. The maximum Gasteiger partial charge on any atom is 0.238 e. The second kappa shape index (κ2) is 12.2. The maximum absolute atomic E-state index is 11.4. The van der Waals surface area contributed by atoms with Gasteiger partial charge in [-0.3, -0.25) is 0 Å². The van der Waals surface area contributed by atoms with E-state index in [-0.39, 0.29) is 4.90 Å². The first-order chi connectivity index (χ1) is 16.2. The van der Waals surface area contributed by atoms with Crippen molar-refractivity contribution in [1.29, 1.82) is 0 Å². The van der Waals surface area contributed by atoms with Crippen LogP contribution in [0.2, 0.25) is 10.0 Å². The molecule has 0 saturated heterocycles. The zero-order valence-electron chi connectivity index (χ0n) is 18.5. The van der Waals surface area contributed by atoms with Crippen molar-refractivity contribution in [2.75, 3.05) is 13.2 Å². The molecule has 0 fully saturated rings. The van der Waals surface area contributed by atoms with Crippen molar-refractivity contribution in [3.8, 4) is 11.5 Å². The van der Waals surface area contributed by atoms with E-state index in [4.69, 9.17) is 37.8 Å². The molecule has 0 bridgehead atoms. The van der Waals surface area contributed by atoms with Crippen LogP contribution in [-0.4, -0.2) is 21.6 Å². The minimum Gasteiger partial charge on any atom is -0.490 e. The number of halogens is 3. The Morgan fingerprint density at radius 1 is 0.941 bits per heavy atom. The van der Waals surface area contributed by atoms with Crippen LogP contribution >= 0.6 is 39.1 Å². The topological polar surface area (TPSA) is 90.6 Å². The zero-order chi connectivity index (χ0) is 24.7. The van der Waals surface area contributed by atoms with Crippen molar-refractivity contribution < 1.29 is 17.9 Å². The molecule has 3 aromatic rings. The summed E-state index contributed by atoms with van der Waals surface area (Å²) < 4.78 is 35.3. The summed E-state index contributed by atoms with van der Waals surface area (Å²) in [6.45, 7) is 4.08. The number of benzene rings is 3. The van der Waals surface area contributed by atoms with E-state index in [9.17, 15) is 8.42 Å². The van der Waals surface area contributed by atoms with Gasteiger partial charge in [-0.25, -0.2) is 13.6 Å². The van der Waals surface area contributed by atoms with Crippen LogP contribution in [0.3, 0.4) is 0 Å². The second-order valence-electron chi connectivity index (χ2n) is 7.49. The molecule has 0 atom stereocenters. The number of nitrogens with two attached hydrogens (primary N) is 1. The van der Waals surface area contributed by atoms with E-state index in [2.05, 4.69) is 21.2 Å². The number of rotatable bonds is 11. The van der Waals surface area contributed by atoms with Gasteiger partial charge in [-0.1, -0.05) is 41.4 Å². The Hall–Kier alpha value is -1.81. The SMILES string of the molecule is CCOc1cc(CNCCc2ccc(S(N)(=O)=O)cc2)cc(Br)c1OCc1ccc(Cl)c(Cl)c1. The number of sulfonamides is 1. The lowest BCUT2D eigenvalue weighted by Crippen LogP contribution is -2.17. The molecule has 34 heavy (non-hydrogen) atoms. The molecular formula is C24H25BrCl2N2O4S. The van der Waals surface area contributed by atoms with Gasteiger partial charge in [0.1, 0.15) is 6.61 Å². The molecule has 3 aromatic carbocycles. The zero-order valence-corrected chi connectivity index (χ0v) is 22.4. The quantitative estimate of drug-likeness (QED) is 0.280. The molecule has 0 saturated carbocycles. The third kappa shape index (κ3) is 7.60. The predicted octanol–water partition coefficient (Wildman–Crippen LogP) is 5.71. The van der Waals surface area contributed by atoms with E-state index in [0.717, 1.165) is 27.6 Å². The van der Waals surface area contributed by atoms with Gasteiger partial charge < -0.3 is 14.8 Å². The molecule has 3 rings (SSSR count). The van der Waals surface area contributed by atoms with Gasteiger partial charge in [0.05, 0.1) is 26.0 Å². The second-order valence-corrected chi connectivity index (χ2v) is 10.7. The summed E-state index contributed by atoms with van der Waals surface area (Å²) in [5, 5.41) is 9.51. The fraction of sp³-hybridized carbons (Fsp3) is 0.250. The normalized spacial score (nSPS) is 11.4. The van der Waals surface area contributed by atoms with Crippen molar-refractivity contribution >= 4 is 49.2 Å². The van der Waals surface area contributed by atoms with Crippen LogP contribution in [0.4, 0.5) is 0 Å². The van der Waals surface area contributed by atoms with Crippen molar-refractivity contribution in [1.82, 2.24) is 5.32 Å². The van der Waals surface area contributed by atoms with Gasteiger partial charge >= 0.3 is 0 Å². The van der Waals surface area contributed by atoms with Crippen LogP contribution < -0.4 is 19.9 Å². The minimum atomic E-state index is -3.67. The molecule has 0 aliphatic rings. The van der Waals surface area contributed by atoms with Crippen LogP contribution in [0.25, 0.3) is 0 Å². The Morgan fingerprint density at radius 3 is 2.29 bits per heavy atom. The van der Waals surface area contributed by atoms with Gasteiger partial charge in [-0.05, 0) is 88.9 Å². The molecule has 3 N–H and O–H groups in total. The Kier molecular flexibility index (Phi) is 9.65. The number of hydrogen-bond donors (Lipinski definition) is 2. The molecular weight excluding hydrogens is 563 g/mol. The molecule has 0 unspecified atom stereocenters. The Morgan fingerprint density at radius 2 is 1.65 bits per heavy atom. The van der Waals surface area contributed by atoms with Crippen molar-refractivity contribution in [3.63, 3.8) is 0 Å². The first kappa shape index (κ1) is 26.8. The molecule has 6 nitrogen and oxygen atoms in total. The monoisotopic (exact) mass is 586 g/mol. The molecule has 0 amide bonds. The van der Waals surface area contributed by atoms with Crippen LogP contribution in [0, 0.1) is 0 Å². The van der Waals surface area contributed by atoms with Gasteiger partial charge in [0, 0.05) is 6.54 Å². The van der Waals surface area contributed by atoms with E-state index in [1.54, 1.807) is 24.3 Å².